The number of hydrogen-bond acceptors (Lipinski definition) is 4. The largest absolute Gasteiger partial charge is 0.472 e. The maximum absolute atomic E-state index is 4.92. The summed E-state index contributed by atoms with van der Waals surface area (Å²) in [6, 6.07) is 6.07. The van der Waals surface area contributed by atoms with Crippen molar-refractivity contribution in [3.05, 3.63) is 46.5 Å². The van der Waals surface area contributed by atoms with E-state index < -0.39 is 0 Å². The smallest absolute Gasteiger partial charge is 0.0957 e. The molecule has 2 aromatic heterocycles. The first-order valence-corrected chi connectivity index (χ1v) is 6.26. The van der Waals surface area contributed by atoms with E-state index in [4.69, 9.17) is 13.9 Å². The monoisotopic (exact) mass is 254 g/mol. The molecule has 0 amide bonds. The molecule has 0 bridgehead atoms. The van der Waals surface area contributed by atoms with Gasteiger partial charge in [-0.1, -0.05) is 6.07 Å². The second kappa shape index (κ2) is 8.98. The van der Waals surface area contributed by atoms with Crippen LogP contribution in [0.25, 0.3) is 0 Å². The molecule has 0 radical (unpaired) electrons. The molecule has 0 aliphatic rings. The number of rotatable bonds is 5. The molecule has 0 saturated heterocycles. The molecule has 17 heavy (non-hydrogen) atoms. The van der Waals surface area contributed by atoms with Crippen LogP contribution in [0.5, 0.6) is 0 Å². The minimum atomic E-state index is 0.635. The molecule has 0 unspecified atom stereocenters. The van der Waals surface area contributed by atoms with E-state index in [9.17, 15) is 0 Å². The van der Waals surface area contributed by atoms with Crippen molar-refractivity contribution in [2.45, 2.75) is 13.0 Å². The van der Waals surface area contributed by atoms with Gasteiger partial charge in [0.05, 0.1) is 25.7 Å². The lowest BCUT2D eigenvalue weighted by atomic mass is 10.4. The molecule has 0 aromatic carbocycles. The first-order valence-electron chi connectivity index (χ1n) is 5.38. The van der Waals surface area contributed by atoms with Gasteiger partial charge in [0.1, 0.15) is 0 Å². The van der Waals surface area contributed by atoms with Gasteiger partial charge in [-0.25, -0.2) is 0 Å². The molecule has 0 aliphatic carbocycles. The summed E-state index contributed by atoms with van der Waals surface area (Å²) < 4.78 is 14.5. The van der Waals surface area contributed by atoms with Crippen LogP contribution in [0.1, 0.15) is 10.4 Å². The summed E-state index contributed by atoms with van der Waals surface area (Å²) in [6.45, 7) is 1.47. The van der Waals surface area contributed by atoms with Gasteiger partial charge >= 0.3 is 0 Å². The van der Waals surface area contributed by atoms with Crippen LogP contribution in [0.15, 0.2) is 40.5 Å². The van der Waals surface area contributed by atoms with Crippen LogP contribution in [0.2, 0.25) is 0 Å². The third-order valence-electron chi connectivity index (χ3n) is 2.02. The van der Waals surface area contributed by atoms with Crippen LogP contribution in [0, 0.1) is 0 Å². The molecule has 94 valence electrons. The Morgan fingerprint density at radius 1 is 1.24 bits per heavy atom. The molecule has 0 fully saturated rings. The third-order valence-corrected chi connectivity index (χ3v) is 2.96. The van der Waals surface area contributed by atoms with Gasteiger partial charge in [-0.2, -0.15) is 0 Å². The van der Waals surface area contributed by atoms with E-state index in [1.165, 1.54) is 4.88 Å². The fourth-order valence-corrected chi connectivity index (χ4v) is 1.89. The molecule has 0 spiro atoms. The number of ether oxygens (including phenoxy) is 2. The van der Waals surface area contributed by atoms with Crippen LogP contribution in [-0.4, -0.2) is 20.8 Å². The summed E-state index contributed by atoms with van der Waals surface area (Å²) in [5, 5.41) is 2.09. The Morgan fingerprint density at radius 3 is 2.65 bits per heavy atom. The number of furan rings is 1. The van der Waals surface area contributed by atoms with Crippen LogP contribution in [-0.2, 0) is 22.5 Å². The SMILES string of the molecule is COCCc1cccs1.COCc1ccoc1. The summed E-state index contributed by atoms with van der Waals surface area (Å²) in [7, 11) is 3.39. The highest BCUT2D eigenvalue weighted by atomic mass is 32.1. The first kappa shape index (κ1) is 14.0. The van der Waals surface area contributed by atoms with Gasteiger partial charge in [-0.15, -0.1) is 11.3 Å². The average Bonchev–Trinajstić information content (AvgIpc) is 3.00. The van der Waals surface area contributed by atoms with E-state index in [0.29, 0.717) is 6.61 Å². The highest BCUT2D eigenvalue weighted by molar-refractivity contribution is 7.09. The molecule has 0 saturated carbocycles. The van der Waals surface area contributed by atoms with Crippen molar-refractivity contribution in [1.82, 2.24) is 0 Å². The highest BCUT2D eigenvalue weighted by Gasteiger charge is 1.90. The molecule has 0 atom stereocenters. The zero-order valence-electron chi connectivity index (χ0n) is 10.2. The van der Waals surface area contributed by atoms with Gasteiger partial charge in [-0.3, -0.25) is 0 Å². The Hall–Kier alpha value is -1.10. The first-order chi connectivity index (χ1) is 8.36. The fraction of sp³-hybridized carbons (Fsp3) is 0.385. The molecule has 2 aromatic rings. The van der Waals surface area contributed by atoms with Crippen molar-refractivity contribution in [2.24, 2.45) is 0 Å². The zero-order chi connectivity index (χ0) is 12.3. The van der Waals surface area contributed by atoms with Crippen molar-refractivity contribution in [1.29, 1.82) is 0 Å². The minimum absolute atomic E-state index is 0.635. The number of hydrogen-bond donors (Lipinski definition) is 0. The van der Waals surface area contributed by atoms with E-state index in [-0.39, 0.29) is 0 Å². The summed E-state index contributed by atoms with van der Waals surface area (Å²) >= 11 is 1.78. The molecule has 4 heteroatoms. The Labute approximate surface area is 106 Å². The molecule has 2 rings (SSSR count). The number of thiophene rings is 1. The normalized spacial score (nSPS) is 9.76. The van der Waals surface area contributed by atoms with E-state index in [0.717, 1.165) is 18.6 Å². The lowest BCUT2D eigenvalue weighted by Gasteiger charge is -1.92. The van der Waals surface area contributed by atoms with Gasteiger partial charge in [0.2, 0.25) is 0 Å². The summed E-state index contributed by atoms with van der Waals surface area (Å²) in [4.78, 5) is 1.40. The number of methoxy groups -OCH3 is 2. The average molecular weight is 254 g/mol. The van der Waals surface area contributed by atoms with E-state index in [2.05, 4.69) is 17.5 Å². The second-order valence-corrected chi connectivity index (χ2v) is 4.42. The third kappa shape index (κ3) is 6.26. The van der Waals surface area contributed by atoms with Gasteiger partial charge < -0.3 is 13.9 Å². The topological polar surface area (TPSA) is 31.6 Å². The van der Waals surface area contributed by atoms with Crippen LogP contribution in [0.4, 0.5) is 0 Å². The summed E-state index contributed by atoms with van der Waals surface area (Å²) in [5.74, 6) is 0. The van der Waals surface area contributed by atoms with Crippen molar-refractivity contribution in [3.8, 4) is 0 Å². The predicted octanol–water partition coefficient (Wildman–Crippen LogP) is 3.36. The van der Waals surface area contributed by atoms with Crippen LogP contribution in [0.3, 0.4) is 0 Å². The van der Waals surface area contributed by atoms with Gasteiger partial charge in [0, 0.05) is 31.1 Å². The maximum atomic E-state index is 4.92. The quantitative estimate of drug-likeness (QED) is 0.820. The Kier molecular flexibility index (Phi) is 7.38. The zero-order valence-corrected chi connectivity index (χ0v) is 11.0. The Balaban J connectivity index is 0.000000171. The fourth-order valence-electron chi connectivity index (χ4n) is 1.20. The van der Waals surface area contributed by atoms with Gasteiger partial charge in [0.25, 0.3) is 0 Å². The van der Waals surface area contributed by atoms with Crippen molar-refractivity contribution in [2.75, 3.05) is 20.8 Å². The molecule has 0 N–H and O–H groups in total. The Bertz CT molecular complexity index is 354. The summed E-state index contributed by atoms with van der Waals surface area (Å²) in [6.07, 6.45) is 4.35. The van der Waals surface area contributed by atoms with E-state index in [1.807, 2.05) is 6.07 Å². The summed E-state index contributed by atoms with van der Waals surface area (Å²) in [5.41, 5.74) is 1.08. The molecular formula is C13H18O3S. The predicted molar refractivity (Wildman–Crippen MR) is 69.3 cm³/mol. The lowest BCUT2D eigenvalue weighted by molar-refractivity contribution is 0.184. The van der Waals surface area contributed by atoms with Gasteiger partial charge in [0.15, 0.2) is 0 Å². The molecule has 0 aliphatic heterocycles. The molecular weight excluding hydrogens is 236 g/mol. The molecule has 3 nitrogen and oxygen atoms in total. The standard InChI is InChI=1S/C7H10OS.C6H8O2/c1-8-5-4-7-3-2-6-9-7;1-7-4-6-2-3-8-5-6/h2-3,6H,4-5H2,1H3;2-3,5H,4H2,1H3. The Morgan fingerprint density at radius 2 is 2.12 bits per heavy atom. The van der Waals surface area contributed by atoms with Gasteiger partial charge in [-0.05, 0) is 17.5 Å². The van der Waals surface area contributed by atoms with Crippen molar-refractivity contribution >= 4 is 11.3 Å². The second-order valence-electron chi connectivity index (χ2n) is 3.39. The molecule has 2 heterocycles. The van der Waals surface area contributed by atoms with Crippen molar-refractivity contribution < 1.29 is 13.9 Å². The van der Waals surface area contributed by atoms with E-state index >= 15 is 0 Å². The van der Waals surface area contributed by atoms with Crippen molar-refractivity contribution in [3.63, 3.8) is 0 Å². The minimum Gasteiger partial charge on any atom is -0.472 e. The highest BCUT2D eigenvalue weighted by Crippen LogP contribution is 2.08. The van der Waals surface area contributed by atoms with Crippen LogP contribution >= 0.6 is 11.3 Å². The van der Waals surface area contributed by atoms with Crippen LogP contribution < -0.4 is 0 Å². The van der Waals surface area contributed by atoms with E-state index in [1.54, 1.807) is 38.1 Å². The lowest BCUT2D eigenvalue weighted by Crippen LogP contribution is -1.90. The maximum Gasteiger partial charge on any atom is 0.0957 e.